The van der Waals surface area contributed by atoms with Gasteiger partial charge in [0.1, 0.15) is 6.17 Å². The van der Waals surface area contributed by atoms with Crippen LogP contribution < -0.4 is 15.3 Å². The molecular formula is C22H24N10O. The molecule has 2 aliphatic heterocycles. The van der Waals surface area contributed by atoms with Crippen LogP contribution >= 0.6 is 0 Å². The van der Waals surface area contributed by atoms with Gasteiger partial charge in [-0.25, -0.2) is 19.5 Å². The lowest BCUT2D eigenvalue weighted by Gasteiger charge is -2.35. The average molecular weight is 445 g/mol. The highest BCUT2D eigenvalue weighted by atomic mass is 16.7. The fourth-order valence-corrected chi connectivity index (χ4v) is 4.28. The van der Waals surface area contributed by atoms with E-state index < -0.39 is 0 Å². The Morgan fingerprint density at radius 3 is 2.48 bits per heavy atom. The predicted octanol–water partition coefficient (Wildman–Crippen LogP) is 1.28. The van der Waals surface area contributed by atoms with Crippen molar-refractivity contribution < 1.29 is 4.84 Å². The van der Waals surface area contributed by atoms with Gasteiger partial charge in [-0.1, -0.05) is 6.07 Å². The van der Waals surface area contributed by atoms with Gasteiger partial charge in [-0.05, 0) is 11.6 Å². The van der Waals surface area contributed by atoms with Crippen molar-refractivity contribution in [2.24, 2.45) is 12.0 Å². The molecule has 0 aromatic carbocycles. The second-order valence-electron chi connectivity index (χ2n) is 8.26. The van der Waals surface area contributed by atoms with E-state index in [1.165, 1.54) is 6.40 Å². The Bertz CT molecular complexity index is 1290. The van der Waals surface area contributed by atoms with Crippen molar-refractivity contribution >= 4 is 23.6 Å². The Morgan fingerprint density at radius 2 is 1.76 bits per heavy atom. The average Bonchev–Trinajstić information content (AvgIpc) is 3.61. The lowest BCUT2D eigenvalue weighted by Crippen LogP contribution is -2.47. The SMILES string of the molecule is Cn1cc(-c2ccc3c(N4CCN(c5ncc(CC6N=CON6)cn5)CC4)cnn3c2)cn1. The van der Waals surface area contributed by atoms with Gasteiger partial charge in [0, 0.05) is 75.6 Å². The molecular weight excluding hydrogens is 420 g/mol. The maximum atomic E-state index is 4.94. The zero-order valence-electron chi connectivity index (χ0n) is 18.2. The normalized spacial score (nSPS) is 18.3. The van der Waals surface area contributed by atoms with Crippen LogP contribution in [0.3, 0.4) is 0 Å². The highest BCUT2D eigenvalue weighted by Gasteiger charge is 2.22. The Kier molecular flexibility index (Phi) is 4.87. The fraction of sp³-hybridized carbons (Fsp3) is 0.318. The van der Waals surface area contributed by atoms with Gasteiger partial charge in [-0.3, -0.25) is 4.68 Å². The van der Waals surface area contributed by atoms with Crippen LogP contribution in [0.2, 0.25) is 0 Å². The quantitative estimate of drug-likeness (QED) is 0.491. The highest BCUT2D eigenvalue weighted by Crippen LogP contribution is 2.26. The molecule has 6 heterocycles. The first kappa shape index (κ1) is 19.7. The van der Waals surface area contributed by atoms with Crippen LogP contribution in [0, 0.1) is 0 Å². The Balaban J connectivity index is 1.12. The van der Waals surface area contributed by atoms with Crippen molar-refractivity contribution in [2.45, 2.75) is 12.6 Å². The standard InChI is InChI=1S/C22H24N10O/c1-29-13-18(11-26-29)17-2-3-19-20(12-27-32(19)14-17)30-4-6-31(7-5-30)22-23-9-16(10-24-22)8-21-25-15-33-28-21/h2-3,9-15,21,28H,4-8H2,1H3. The summed E-state index contributed by atoms with van der Waals surface area (Å²) in [6.07, 6.45) is 13.7. The second kappa shape index (κ2) is 8.17. The van der Waals surface area contributed by atoms with Crippen LogP contribution in [0.15, 0.2) is 54.3 Å². The van der Waals surface area contributed by atoms with E-state index in [4.69, 9.17) is 4.84 Å². The number of aryl methyl sites for hydroxylation is 1. The van der Waals surface area contributed by atoms with Crippen molar-refractivity contribution in [3.05, 3.63) is 54.9 Å². The smallest absolute Gasteiger partial charge is 0.225 e. The fourth-order valence-electron chi connectivity index (χ4n) is 4.28. The van der Waals surface area contributed by atoms with E-state index in [9.17, 15) is 0 Å². The third kappa shape index (κ3) is 3.87. The van der Waals surface area contributed by atoms with Gasteiger partial charge in [0.05, 0.1) is 23.6 Å². The maximum absolute atomic E-state index is 4.94. The third-order valence-electron chi connectivity index (χ3n) is 6.06. The number of pyridine rings is 1. The van der Waals surface area contributed by atoms with Crippen molar-refractivity contribution in [2.75, 3.05) is 36.0 Å². The Morgan fingerprint density at radius 1 is 0.939 bits per heavy atom. The molecule has 1 fully saturated rings. The zero-order chi connectivity index (χ0) is 22.2. The van der Waals surface area contributed by atoms with E-state index in [-0.39, 0.29) is 6.17 Å². The molecule has 0 aliphatic carbocycles. The van der Waals surface area contributed by atoms with E-state index in [0.29, 0.717) is 6.42 Å². The van der Waals surface area contributed by atoms with E-state index in [1.54, 1.807) is 4.68 Å². The summed E-state index contributed by atoms with van der Waals surface area (Å²) in [6.45, 7) is 3.48. The maximum Gasteiger partial charge on any atom is 0.225 e. The van der Waals surface area contributed by atoms with Gasteiger partial charge >= 0.3 is 0 Å². The van der Waals surface area contributed by atoms with Crippen LogP contribution in [0.5, 0.6) is 0 Å². The topological polar surface area (TPSA) is 101 Å². The lowest BCUT2D eigenvalue weighted by atomic mass is 10.1. The number of rotatable bonds is 5. The summed E-state index contributed by atoms with van der Waals surface area (Å²) < 4.78 is 3.75. The lowest BCUT2D eigenvalue weighted by molar-refractivity contribution is 0.187. The molecule has 1 saturated heterocycles. The van der Waals surface area contributed by atoms with Crippen LogP contribution in [0.1, 0.15) is 5.56 Å². The summed E-state index contributed by atoms with van der Waals surface area (Å²) in [4.78, 5) is 22.9. The zero-order valence-corrected chi connectivity index (χ0v) is 18.2. The summed E-state index contributed by atoms with van der Waals surface area (Å²) in [5, 5.41) is 8.86. The van der Waals surface area contributed by atoms with Gasteiger partial charge in [-0.2, -0.15) is 10.2 Å². The largest absolute Gasteiger partial charge is 0.395 e. The molecule has 168 valence electrons. The second-order valence-corrected chi connectivity index (χ2v) is 8.26. The van der Waals surface area contributed by atoms with Crippen LogP contribution in [-0.2, 0) is 18.3 Å². The molecule has 4 aromatic rings. The number of nitrogens with zero attached hydrogens (tertiary/aromatic N) is 9. The first-order valence-corrected chi connectivity index (χ1v) is 10.9. The number of fused-ring (bicyclic) bond motifs is 1. The molecule has 11 heteroatoms. The number of hydroxylamine groups is 1. The Hall–Kier alpha value is -3.99. The number of aromatic nitrogens is 6. The molecule has 2 aliphatic rings. The third-order valence-corrected chi connectivity index (χ3v) is 6.06. The molecule has 1 N–H and O–H groups in total. The minimum Gasteiger partial charge on any atom is -0.395 e. The number of anilines is 2. The summed E-state index contributed by atoms with van der Waals surface area (Å²) in [5.41, 5.74) is 8.27. The molecule has 33 heavy (non-hydrogen) atoms. The summed E-state index contributed by atoms with van der Waals surface area (Å²) in [7, 11) is 1.92. The molecule has 11 nitrogen and oxygen atoms in total. The summed E-state index contributed by atoms with van der Waals surface area (Å²) in [5.74, 6) is 0.763. The molecule has 1 unspecified atom stereocenters. The minimum atomic E-state index is -0.0747. The van der Waals surface area contributed by atoms with Gasteiger partial charge in [0.2, 0.25) is 5.95 Å². The molecule has 0 bridgehead atoms. The Labute approximate surface area is 190 Å². The number of hydrogen-bond donors (Lipinski definition) is 1. The molecule has 1 atom stereocenters. The van der Waals surface area contributed by atoms with E-state index >= 15 is 0 Å². The summed E-state index contributed by atoms with van der Waals surface area (Å²) >= 11 is 0. The monoisotopic (exact) mass is 444 g/mol. The van der Waals surface area contributed by atoms with Crippen LogP contribution in [0.25, 0.3) is 16.6 Å². The van der Waals surface area contributed by atoms with E-state index in [0.717, 1.165) is 60.0 Å². The van der Waals surface area contributed by atoms with Crippen molar-refractivity contribution in [3.8, 4) is 11.1 Å². The first-order chi connectivity index (χ1) is 16.2. The van der Waals surface area contributed by atoms with Gasteiger partial charge in [0.15, 0.2) is 6.40 Å². The van der Waals surface area contributed by atoms with E-state index in [2.05, 4.69) is 58.8 Å². The molecule has 0 radical (unpaired) electrons. The van der Waals surface area contributed by atoms with Crippen molar-refractivity contribution in [1.29, 1.82) is 0 Å². The van der Waals surface area contributed by atoms with Crippen molar-refractivity contribution in [3.63, 3.8) is 0 Å². The molecule has 0 amide bonds. The van der Waals surface area contributed by atoms with Gasteiger partial charge < -0.3 is 14.6 Å². The number of aliphatic imine (C=N–C) groups is 1. The molecule has 6 rings (SSSR count). The number of nitrogens with one attached hydrogen (secondary N) is 1. The number of piperazine rings is 1. The minimum absolute atomic E-state index is 0.0747. The molecule has 0 spiro atoms. The number of hydrogen-bond acceptors (Lipinski definition) is 9. The van der Waals surface area contributed by atoms with Crippen molar-refractivity contribution in [1.82, 2.24) is 34.8 Å². The van der Waals surface area contributed by atoms with Crippen LogP contribution in [-0.4, -0.2) is 68.1 Å². The first-order valence-electron chi connectivity index (χ1n) is 10.9. The highest BCUT2D eigenvalue weighted by molar-refractivity contribution is 5.75. The molecule has 4 aromatic heterocycles. The predicted molar refractivity (Wildman–Crippen MR) is 124 cm³/mol. The van der Waals surface area contributed by atoms with Crippen LogP contribution in [0.4, 0.5) is 11.6 Å². The van der Waals surface area contributed by atoms with Gasteiger partial charge in [-0.15, -0.1) is 5.48 Å². The summed E-state index contributed by atoms with van der Waals surface area (Å²) in [6, 6.07) is 4.26. The van der Waals surface area contributed by atoms with Gasteiger partial charge in [0.25, 0.3) is 0 Å². The molecule has 0 saturated carbocycles. The van der Waals surface area contributed by atoms with E-state index in [1.807, 2.05) is 42.5 Å².